The van der Waals surface area contributed by atoms with Gasteiger partial charge in [0.15, 0.2) is 11.5 Å². The number of ether oxygens (including phenoxy) is 3. The molecule has 0 amide bonds. The largest absolute Gasteiger partial charge is 0.497 e. The minimum Gasteiger partial charge on any atom is -0.497 e. The van der Waals surface area contributed by atoms with Crippen molar-refractivity contribution in [2.75, 3.05) is 21.3 Å². The van der Waals surface area contributed by atoms with E-state index in [-0.39, 0.29) is 0 Å². The van der Waals surface area contributed by atoms with Crippen LogP contribution in [0.1, 0.15) is 11.1 Å². The average molecular weight is 337 g/mol. The minimum atomic E-state index is 0.709. The van der Waals surface area contributed by atoms with E-state index in [0.717, 1.165) is 29.4 Å². The third kappa shape index (κ3) is 3.86. The van der Waals surface area contributed by atoms with Crippen LogP contribution in [0.4, 0.5) is 0 Å². The van der Waals surface area contributed by atoms with Crippen molar-refractivity contribution in [1.29, 1.82) is 0 Å². The van der Waals surface area contributed by atoms with Crippen molar-refractivity contribution < 1.29 is 14.2 Å². The van der Waals surface area contributed by atoms with Gasteiger partial charge in [-0.25, -0.2) is 0 Å². The van der Waals surface area contributed by atoms with Crippen LogP contribution >= 0.6 is 0 Å². The molecule has 0 aromatic heterocycles. The number of hydrogen-bond donors (Lipinski definition) is 1. The second-order valence-electron chi connectivity index (χ2n) is 5.80. The fourth-order valence-corrected chi connectivity index (χ4v) is 2.94. The summed E-state index contributed by atoms with van der Waals surface area (Å²) in [6.45, 7) is 1.49. The lowest BCUT2D eigenvalue weighted by Gasteiger charge is -2.13. The monoisotopic (exact) mass is 337 g/mol. The second kappa shape index (κ2) is 7.90. The summed E-state index contributed by atoms with van der Waals surface area (Å²) in [6, 6.07) is 18.5. The summed E-state index contributed by atoms with van der Waals surface area (Å²) in [7, 11) is 5.00. The fraction of sp³-hybridized carbons (Fsp3) is 0.238. The molecule has 0 spiro atoms. The topological polar surface area (TPSA) is 39.7 Å². The molecule has 0 radical (unpaired) electrons. The van der Waals surface area contributed by atoms with Crippen LogP contribution in [0.2, 0.25) is 0 Å². The van der Waals surface area contributed by atoms with Crippen LogP contribution in [0.25, 0.3) is 10.8 Å². The summed E-state index contributed by atoms with van der Waals surface area (Å²) in [4.78, 5) is 0. The van der Waals surface area contributed by atoms with Crippen LogP contribution in [-0.4, -0.2) is 21.3 Å². The molecular weight excluding hydrogens is 314 g/mol. The normalized spacial score (nSPS) is 10.7. The van der Waals surface area contributed by atoms with E-state index in [1.807, 2.05) is 30.3 Å². The molecule has 3 aromatic carbocycles. The summed E-state index contributed by atoms with van der Waals surface area (Å²) >= 11 is 0. The first-order valence-corrected chi connectivity index (χ1v) is 8.22. The second-order valence-corrected chi connectivity index (χ2v) is 5.80. The summed E-state index contributed by atoms with van der Waals surface area (Å²) in [5.74, 6) is 2.41. The zero-order chi connectivity index (χ0) is 17.6. The Hall–Kier alpha value is -2.72. The molecule has 0 saturated heterocycles. The van der Waals surface area contributed by atoms with Crippen molar-refractivity contribution >= 4 is 10.8 Å². The van der Waals surface area contributed by atoms with Crippen molar-refractivity contribution in [2.24, 2.45) is 0 Å². The van der Waals surface area contributed by atoms with Gasteiger partial charge in [-0.15, -0.1) is 0 Å². The number of nitrogens with one attached hydrogen (secondary N) is 1. The number of benzene rings is 3. The molecule has 0 atom stereocenters. The molecule has 130 valence electrons. The predicted octanol–water partition coefficient (Wildman–Crippen LogP) is 4.16. The van der Waals surface area contributed by atoms with Crippen LogP contribution in [0.5, 0.6) is 17.2 Å². The molecule has 0 aliphatic heterocycles. The van der Waals surface area contributed by atoms with E-state index in [4.69, 9.17) is 14.2 Å². The molecule has 0 saturated carbocycles. The molecule has 0 heterocycles. The quantitative estimate of drug-likeness (QED) is 0.703. The van der Waals surface area contributed by atoms with E-state index < -0.39 is 0 Å². The third-order valence-electron chi connectivity index (χ3n) is 4.24. The molecule has 3 aromatic rings. The van der Waals surface area contributed by atoms with Gasteiger partial charge < -0.3 is 19.5 Å². The summed E-state index contributed by atoms with van der Waals surface area (Å²) in [5.41, 5.74) is 2.31. The third-order valence-corrected chi connectivity index (χ3v) is 4.24. The van der Waals surface area contributed by atoms with E-state index in [1.165, 1.54) is 16.3 Å². The van der Waals surface area contributed by atoms with Crippen LogP contribution in [-0.2, 0) is 13.1 Å². The number of hydrogen-bond acceptors (Lipinski definition) is 4. The standard InChI is InChI=1S/C21H23NO3/c1-23-19-10-9-16-11-15(7-8-17(16)12-19)13-22-14-18-5-4-6-20(24-2)21(18)25-3/h4-12,22H,13-14H2,1-3H3. The maximum absolute atomic E-state index is 5.47. The Morgan fingerprint density at radius 3 is 2.32 bits per heavy atom. The SMILES string of the molecule is COc1ccc2cc(CNCc3cccc(OC)c3OC)ccc2c1. The lowest BCUT2D eigenvalue weighted by molar-refractivity contribution is 0.350. The van der Waals surface area contributed by atoms with Gasteiger partial charge >= 0.3 is 0 Å². The van der Waals surface area contributed by atoms with Crippen molar-refractivity contribution in [2.45, 2.75) is 13.1 Å². The van der Waals surface area contributed by atoms with E-state index in [2.05, 4.69) is 29.6 Å². The minimum absolute atomic E-state index is 0.709. The molecule has 0 unspecified atom stereocenters. The maximum Gasteiger partial charge on any atom is 0.165 e. The highest BCUT2D eigenvalue weighted by Gasteiger charge is 2.08. The van der Waals surface area contributed by atoms with Crippen molar-refractivity contribution in [1.82, 2.24) is 5.32 Å². The van der Waals surface area contributed by atoms with E-state index >= 15 is 0 Å². The van der Waals surface area contributed by atoms with Gasteiger partial charge in [-0.2, -0.15) is 0 Å². The number of rotatable bonds is 7. The van der Waals surface area contributed by atoms with Gasteiger partial charge in [0.05, 0.1) is 21.3 Å². The Balaban J connectivity index is 1.69. The molecule has 1 N–H and O–H groups in total. The Bertz CT molecular complexity index is 861. The summed E-state index contributed by atoms with van der Waals surface area (Å²) in [5, 5.41) is 5.86. The van der Waals surface area contributed by atoms with Gasteiger partial charge in [0.1, 0.15) is 5.75 Å². The van der Waals surface area contributed by atoms with Crippen LogP contribution < -0.4 is 19.5 Å². The molecular formula is C21H23NO3. The van der Waals surface area contributed by atoms with Crippen molar-refractivity contribution in [3.05, 3.63) is 65.7 Å². The summed E-state index contributed by atoms with van der Waals surface area (Å²) in [6.07, 6.45) is 0. The Kier molecular flexibility index (Phi) is 5.41. The van der Waals surface area contributed by atoms with Gasteiger partial charge in [0.25, 0.3) is 0 Å². The average Bonchev–Trinajstić information content (AvgIpc) is 2.67. The molecule has 0 fully saturated rings. The predicted molar refractivity (Wildman–Crippen MR) is 101 cm³/mol. The van der Waals surface area contributed by atoms with Crippen LogP contribution in [0, 0.1) is 0 Å². The lowest BCUT2D eigenvalue weighted by atomic mass is 10.1. The Morgan fingerprint density at radius 1 is 0.760 bits per heavy atom. The van der Waals surface area contributed by atoms with Gasteiger partial charge in [-0.1, -0.05) is 30.3 Å². The van der Waals surface area contributed by atoms with Gasteiger partial charge in [-0.05, 0) is 40.6 Å². The smallest absolute Gasteiger partial charge is 0.165 e. The first kappa shape index (κ1) is 17.1. The highest BCUT2D eigenvalue weighted by Crippen LogP contribution is 2.30. The van der Waals surface area contributed by atoms with Gasteiger partial charge in [0, 0.05) is 18.7 Å². The van der Waals surface area contributed by atoms with Crippen molar-refractivity contribution in [3.63, 3.8) is 0 Å². The van der Waals surface area contributed by atoms with E-state index in [1.54, 1.807) is 21.3 Å². The summed E-state index contributed by atoms with van der Waals surface area (Å²) < 4.78 is 16.1. The molecule has 0 aliphatic carbocycles. The number of methoxy groups -OCH3 is 3. The lowest BCUT2D eigenvalue weighted by Crippen LogP contribution is -2.13. The Labute approximate surface area is 148 Å². The van der Waals surface area contributed by atoms with E-state index in [9.17, 15) is 0 Å². The molecule has 4 nitrogen and oxygen atoms in total. The van der Waals surface area contributed by atoms with Crippen molar-refractivity contribution in [3.8, 4) is 17.2 Å². The number of fused-ring (bicyclic) bond motifs is 1. The zero-order valence-corrected chi connectivity index (χ0v) is 14.8. The fourth-order valence-electron chi connectivity index (χ4n) is 2.94. The molecule has 0 aliphatic rings. The maximum atomic E-state index is 5.47. The zero-order valence-electron chi connectivity index (χ0n) is 14.8. The number of para-hydroxylation sites is 1. The molecule has 0 bridgehead atoms. The molecule has 3 rings (SSSR count). The Morgan fingerprint density at radius 2 is 1.56 bits per heavy atom. The highest BCUT2D eigenvalue weighted by atomic mass is 16.5. The van der Waals surface area contributed by atoms with Crippen LogP contribution in [0.3, 0.4) is 0 Å². The first-order chi connectivity index (χ1) is 12.2. The van der Waals surface area contributed by atoms with Crippen LogP contribution in [0.15, 0.2) is 54.6 Å². The van der Waals surface area contributed by atoms with E-state index in [0.29, 0.717) is 6.54 Å². The highest BCUT2D eigenvalue weighted by molar-refractivity contribution is 5.84. The van der Waals surface area contributed by atoms with Gasteiger partial charge in [0.2, 0.25) is 0 Å². The first-order valence-electron chi connectivity index (χ1n) is 8.22. The van der Waals surface area contributed by atoms with Gasteiger partial charge in [-0.3, -0.25) is 0 Å². The molecule has 25 heavy (non-hydrogen) atoms. The molecule has 4 heteroatoms.